The molecule has 1 heterocycles. The molecule has 0 bridgehead atoms. The minimum Gasteiger partial charge on any atom is -0.374 e. The van der Waals surface area contributed by atoms with Crippen LogP contribution in [0.2, 0.25) is 0 Å². The van der Waals surface area contributed by atoms with Crippen LogP contribution in [0.4, 0.5) is 4.39 Å². The van der Waals surface area contributed by atoms with E-state index in [2.05, 4.69) is 26.1 Å². The Kier molecular flexibility index (Phi) is 5.73. The molecule has 0 radical (unpaired) electrons. The van der Waals surface area contributed by atoms with E-state index < -0.39 is 0 Å². The predicted octanol–water partition coefficient (Wildman–Crippen LogP) is 3.28. The summed E-state index contributed by atoms with van der Waals surface area (Å²) in [6.07, 6.45) is 2.44. The maximum Gasteiger partial charge on any atom is 0.128 e. The predicted molar refractivity (Wildman–Crippen MR) is 81.7 cm³/mol. The highest BCUT2D eigenvalue weighted by atomic mass is 19.1. The molecule has 3 nitrogen and oxygen atoms in total. The van der Waals surface area contributed by atoms with E-state index in [0.717, 1.165) is 19.4 Å². The average molecular weight is 295 g/mol. The molecule has 1 aliphatic rings. The molecule has 1 fully saturated rings. The Morgan fingerprint density at radius 3 is 2.67 bits per heavy atom. The second-order valence-electron chi connectivity index (χ2n) is 6.69. The van der Waals surface area contributed by atoms with Crippen LogP contribution in [0.1, 0.15) is 39.2 Å². The second-order valence-corrected chi connectivity index (χ2v) is 6.69. The van der Waals surface area contributed by atoms with Crippen molar-refractivity contribution in [3.05, 3.63) is 35.6 Å². The zero-order valence-electron chi connectivity index (χ0n) is 13.2. The number of hydrogen-bond acceptors (Lipinski definition) is 3. The molecule has 1 saturated heterocycles. The summed E-state index contributed by atoms with van der Waals surface area (Å²) in [6.45, 7) is 8.15. The molecule has 0 amide bonds. The van der Waals surface area contributed by atoms with Crippen molar-refractivity contribution in [3.63, 3.8) is 0 Å². The van der Waals surface area contributed by atoms with Crippen molar-refractivity contribution in [2.24, 2.45) is 0 Å². The van der Waals surface area contributed by atoms with Gasteiger partial charge in [0.05, 0.1) is 25.4 Å². The summed E-state index contributed by atoms with van der Waals surface area (Å²) in [6, 6.07) is 6.72. The van der Waals surface area contributed by atoms with Crippen molar-refractivity contribution in [2.75, 3.05) is 13.2 Å². The maximum atomic E-state index is 13.4. The van der Waals surface area contributed by atoms with E-state index in [9.17, 15) is 4.39 Å². The molecular weight excluding hydrogens is 269 g/mol. The Hall–Kier alpha value is -0.970. The van der Waals surface area contributed by atoms with Crippen LogP contribution in [0.15, 0.2) is 24.3 Å². The molecule has 4 heteroatoms. The molecule has 1 aliphatic heterocycles. The van der Waals surface area contributed by atoms with Gasteiger partial charge in [0, 0.05) is 17.6 Å². The fourth-order valence-electron chi connectivity index (χ4n) is 2.39. The molecule has 0 saturated carbocycles. The molecule has 0 aliphatic carbocycles. The lowest BCUT2D eigenvalue weighted by molar-refractivity contribution is -0.0208. The Morgan fingerprint density at radius 2 is 1.95 bits per heavy atom. The van der Waals surface area contributed by atoms with Crippen molar-refractivity contribution < 1.29 is 13.9 Å². The third kappa shape index (κ3) is 5.73. The van der Waals surface area contributed by atoms with Gasteiger partial charge in [0.25, 0.3) is 0 Å². The van der Waals surface area contributed by atoms with Gasteiger partial charge in [0.15, 0.2) is 0 Å². The van der Waals surface area contributed by atoms with Crippen molar-refractivity contribution >= 4 is 0 Å². The van der Waals surface area contributed by atoms with E-state index >= 15 is 0 Å². The quantitative estimate of drug-likeness (QED) is 0.873. The van der Waals surface area contributed by atoms with Crippen LogP contribution < -0.4 is 5.32 Å². The molecule has 1 aromatic carbocycles. The Labute approximate surface area is 126 Å². The minimum absolute atomic E-state index is 0.114. The molecule has 2 rings (SSSR count). The topological polar surface area (TPSA) is 30.5 Å². The molecule has 0 aromatic heterocycles. The number of benzene rings is 1. The van der Waals surface area contributed by atoms with Gasteiger partial charge in [0.1, 0.15) is 5.82 Å². The van der Waals surface area contributed by atoms with E-state index in [4.69, 9.17) is 9.47 Å². The lowest BCUT2D eigenvalue weighted by Gasteiger charge is -2.23. The van der Waals surface area contributed by atoms with Crippen molar-refractivity contribution in [1.82, 2.24) is 5.32 Å². The molecular formula is C17H26FNO2. The number of nitrogens with one attached hydrogen (secondary N) is 1. The normalized spacial score (nSPS) is 22.7. The van der Waals surface area contributed by atoms with Crippen LogP contribution in [-0.4, -0.2) is 30.9 Å². The lowest BCUT2D eigenvalue weighted by Crippen LogP contribution is -2.41. The highest BCUT2D eigenvalue weighted by Gasteiger charge is 2.26. The molecule has 21 heavy (non-hydrogen) atoms. The van der Waals surface area contributed by atoms with Gasteiger partial charge in [0.2, 0.25) is 0 Å². The number of halogens is 1. The Bertz CT molecular complexity index is 445. The van der Waals surface area contributed by atoms with E-state index in [1.165, 1.54) is 6.07 Å². The van der Waals surface area contributed by atoms with Gasteiger partial charge in [-0.25, -0.2) is 4.39 Å². The molecule has 2 unspecified atom stereocenters. The summed E-state index contributed by atoms with van der Waals surface area (Å²) in [4.78, 5) is 0. The maximum absolute atomic E-state index is 13.4. The van der Waals surface area contributed by atoms with Gasteiger partial charge >= 0.3 is 0 Å². The third-order valence-electron chi connectivity index (χ3n) is 3.57. The fourth-order valence-corrected chi connectivity index (χ4v) is 2.39. The number of ether oxygens (including phenoxy) is 2. The van der Waals surface area contributed by atoms with Crippen LogP contribution in [0.25, 0.3) is 0 Å². The third-order valence-corrected chi connectivity index (χ3v) is 3.57. The first-order valence-corrected chi connectivity index (χ1v) is 7.66. The van der Waals surface area contributed by atoms with Crippen LogP contribution in [0.3, 0.4) is 0 Å². The standard InChI is InChI=1S/C17H26FNO2/c1-17(2,3)19-10-14-8-9-15(21-14)12-20-11-13-6-4-5-7-16(13)18/h4-7,14-15,19H,8-12H2,1-3H3. The van der Waals surface area contributed by atoms with Gasteiger partial charge < -0.3 is 14.8 Å². The SMILES string of the molecule is CC(C)(C)NCC1CCC(COCc2ccccc2F)O1. The molecule has 118 valence electrons. The van der Waals surface area contributed by atoms with Gasteiger partial charge in [-0.1, -0.05) is 18.2 Å². The molecule has 1 aromatic rings. The summed E-state index contributed by atoms with van der Waals surface area (Å²) < 4.78 is 25.0. The van der Waals surface area contributed by atoms with E-state index in [1.54, 1.807) is 12.1 Å². The van der Waals surface area contributed by atoms with Gasteiger partial charge in [-0.3, -0.25) is 0 Å². The zero-order valence-corrected chi connectivity index (χ0v) is 13.2. The first kappa shape index (κ1) is 16.4. The molecule has 1 N–H and O–H groups in total. The van der Waals surface area contributed by atoms with Gasteiger partial charge in [-0.2, -0.15) is 0 Å². The van der Waals surface area contributed by atoms with E-state index in [1.807, 2.05) is 6.07 Å². The molecule has 0 spiro atoms. The Balaban J connectivity index is 1.66. The smallest absolute Gasteiger partial charge is 0.128 e. The fraction of sp³-hybridized carbons (Fsp3) is 0.647. The highest BCUT2D eigenvalue weighted by molar-refractivity contribution is 5.16. The first-order valence-electron chi connectivity index (χ1n) is 7.66. The summed E-state index contributed by atoms with van der Waals surface area (Å²) in [5.41, 5.74) is 0.712. The number of rotatable bonds is 6. The summed E-state index contributed by atoms with van der Waals surface area (Å²) >= 11 is 0. The zero-order chi connectivity index (χ0) is 15.3. The van der Waals surface area contributed by atoms with Crippen LogP contribution >= 0.6 is 0 Å². The largest absolute Gasteiger partial charge is 0.374 e. The second kappa shape index (κ2) is 7.34. The minimum atomic E-state index is -0.211. The van der Waals surface area contributed by atoms with Crippen molar-refractivity contribution in [2.45, 2.75) is 58.0 Å². The number of hydrogen-bond donors (Lipinski definition) is 1. The van der Waals surface area contributed by atoms with Crippen LogP contribution in [-0.2, 0) is 16.1 Å². The highest BCUT2D eigenvalue weighted by Crippen LogP contribution is 2.20. The summed E-state index contributed by atoms with van der Waals surface area (Å²) in [5, 5.41) is 3.46. The van der Waals surface area contributed by atoms with Gasteiger partial charge in [-0.05, 0) is 39.7 Å². The average Bonchev–Trinajstić information content (AvgIpc) is 2.86. The van der Waals surface area contributed by atoms with Crippen molar-refractivity contribution in [1.29, 1.82) is 0 Å². The summed E-state index contributed by atoms with van der Waals surface area (Å²) in [5.74, 6) is -0.211. The van der Waals surface area contributed by atoms with E-state index in [-0.39, 0.29) is 23.6 Å². The van der Waals surface area contributed by atoms with Crippen molar-refractivity contribution in [3.8, 4) is 0 Å². The molecule has 2 atom stereocenters. The monoisotopic (exact) mass is 295 g/mol. The van der Waals surface area contributed by atoms with Gasteiger partial charge in [-0.15, -0.1) is 0 Å². The van der Waals surface area contributed by atoms with E-state index in [0.29, 0.717) is 18.8 Å². The first-order chi connectivity index (χ1) is 9.94. The Morgan fingerprint density at radius 1 is 1.24 bits per heavy atom. The van der Waals surface area contributed by atoms with Crippen LogP contribution in [0, 0.1) is 5.82 Å². The lowest BCUT2D eigenvalue weighted by atomic mass is 10.1. The van der Waals surface area contributed by atoms with Crippen LogP contribution in [0.5, 0.6) is 0 Å². The summed E-state index contributed by atoms with van der Waals surface area (Å²) in [7, 11) is 0.